The fraction of sp³-hybridized carbons (Fsp3) is 0.190. The maximum absolute atomic E-state index is 6.35. The number of rotatable bonds is 2. The Hall–Kier alpha value is -1.97. The van der Waals surface area contributed by atoms with Crippen molar-refractivity contribution in [3.05, 3.63) is 69.8 Å². The molecule has 0 atom stereocenters. The Bertz CT molecular complexity index is 1010. The van der Waals surface area contributed by atoms with Crippen molar-refractivity contribution >= 4 is 46.0 Å². The third-order valence-corrected chi connectivity index (χ3v) is 6.22. The molecule has 1 aliphatic heterocycles. The van der Waals surface area contributed by atoms with E-state index in [0.29, 0.717) is 0 Å². The third kappa shape index (κ3) is 2.82. The number of nitrogens with zero attached hydrogens (tertiary/aromatic N) is 2. The fourth-order valence-corrected chi connectivity index (χ4v) is 4.70. The van der Waals surface area contributed by atoms with Crippen LogP contribution in [0.4, 0.5) is 5.69 Å². The molecule has 2 nitrogen and oxygen atoms in total. The van der Waals surface area contributed by atoms with Crippen LogP contribution in [-0.4, -0.2) is 6.54 Å². The van der Waals surface area contributed by atoms with Gasteiger partial charge in [0.2, 0.25) is 11.2 Å². The molecule has 0 amide bonds. The van der Waals surface area contributed by atoms with Crippen LogP contribution in [0, 0.1) is 6.92 Å². The number of fused-ring (bicyclic) bond motifs is 2. The number of hydrogen-bond donors (Lipinski definition) is 0. The van der Waals surface area contributed by atoms with E-state index in [1.807, 2.05) is 11.8 Å². The van der Waals surface area contributed by atoms with Gasteiger partial charge in [0.1, 0.15) is 7.05 Å². The molecule has 1 aromatic heterocycles. The zero-order chi connectivity index (χ0) is 17.6. The van der Waals surface area contributed by atoms with Gasteiger partial charge in [-0.1, -0.05) is 35.5 Å². The minimum Gasteiger partial charge on any atom is -0.335 e. The lowest BCUT2D eigenvalue weighted by Crippen LogP contribution is -2.33. The lowest BCUT2D eigenvalue weighted by molar-refractivity contribution is -0.646. The van der Waals surface area contributed by atoms with Gasteiger partial charge < -0.3 is 4.90 Å². The molecule has 0 aliphatic carbocycles. The summed E-state index contributed by atoms with van der Waals surface area (Å²) in [5.74, 6) is 0. The fourth-order valence-electron chi connectivity index (χ4n) is 3.29. The Morgan fingerprint density at radius 1 is 1.16 bits per heavy atom. The molecule has 0 saturated heterocycles. The van der Waals surface area contributed by atoms with E-state index in [2.05, 4.69) is 85.0 Å². The van der Waals surface area contributed by atoms with Gasteiger partial charge in [-0.3, -0.25) is 0 Å². The van der Waals surface area contributed by atoms with E-state index < -0.39 is 0 Å². The van der Waals surface area contributed by atoms with Crippen molar-refractivity contribution in [3.63, 3.8) is 0 Å². The van der Waals surface area contributed by atoms with Crippen LogP contribution >= 0.6 is 23.4 Å². The van der Waals surface area contributed by atoms with E-state index in [0.717, 1.165) is 17.1 Å². The predicted octanol–water partition coefficient (Wildman–Crippen LogP) is 5.56. The molecule has 3 aromatic rings. The molecule has 0 unspecified atom stereocenters. The number of benzene rings is 2. The maximum Gasteiger partial charge on any atom is 0.212 e. The first-order valence-corrected chi connectivity index (χ1v) is 9.63. The zero-order valence-electron chi connectivity index (χ0n) is 14.6. The summed E-state index contributed by atoms with van der Waals surface area (Å²) in [6.07, 6.45) is 2.27. The molecule has 0 saturated carbocycles. The molecule has 0 fully saturated rings. The van der Waals surface area contributed by atoms with E-state index in [9.17, 15) is 0 Å². The number of hydrogen-bond acceptors (Lipinski definition) is 2. The number of aromatic nitrogens is 1. The van der Waals surface area contributed by atoms with Crippen molar-refractivity contribution < 1.29 is 4.57 Å². The number of halogens is 1. The first-order chi connectivity index (χ1) is 12.1. The molecule has 2 heterocycles. The first-order valence-electron chi connectivity index (χ1n) is 8.43. The van der Waals surface area contributed by atoms with Crippen LogP contribution in [0.15, 0.2) is 58.5 Å². The molecule has 126 valence electrons. The summed E-state index contributed by atoms with van der Waals surface area (Å²) in [5, 5.41) is 3.32. The lowest BCUT2D eigenvalue weighted by atomic mass is 10.2. The largest absolute Gasteiger partial charge is 0.335 e. The molecule has 1 aliphatic rings. The Kier molecular flexibility index (Phi) is 4.22. The summed E-state index contributed by atoms with van der Waals surface area (Å²) in [7, 11) is 2.12. The molecular weight excluding hydrogens is 348 g/mol. The second kappa shape index (κ2) is 6.40. The quantitative estimate of drug-likeness (QED) is 0.547. The van der Waals surface area contributed by atoms with Crippen LogP contribution in [0.2, 0.25) is 5.02 Å². The molecule has 4 rings (SSSR count). The summed E-state index contributed by atoms with van der Waals surface area (Å²) in [6, 6.07) is 17.1. The molecule has 2 aromatic carbocycles. The highest BCUT2D eigenvalue weighted by atomic mass is 35.5. The van der Waals surface area contributed by atoms with Gasteiger partial charge in [0, 0.05) is 40.1 Å². The summed E-state index contributed by atoms with van der Waals surface area (Å²) in [6.45, 7) is 5.16. The normalized spacial score (nSPS) is 15.2. The minimum absolute atomic E-state index is 0.829. The Morgan fingerprint density at radius 3 is 2.76 bits per heavy atom. The van der Waals surface area contributed by atoms with Crippen LogP contribution in [0.25, 0.3) is 17.0 Å². The molecule has 0 radical (unpaired) electrons. The Morgan fingerprint density at radius 2 is 1.96 bits per heavy atom. The summed E-state index contributed by atoms with van der Waals surface area (Å²) < 4.78 is 2.25. The summed E-state index contributed by atoms with van der Waals surface area (Å²) in [4.78, 5) is 3.61. The highest BCUT2D eigenvalue weighted by molar-refractivity contribution is 8.03. The van der Waals surface area contributed by atoms with Crippen molar-refractivity contribution in [1.82, 2.24) is 0 Å². The average molecular weight is 368 g/mol. The van der Waals surface area contributed by atoms with Gasteiger partial charge in [-0.05, 0) is 43.7 Å². The highest BCUT2D eigenvalue weighted by Gasteiger charge is 2.26. The Labute approximate surface area is 157 Å². The van der Waals surface area contributed by atoms with E-state index in [1.165, 1.54) is 32.2 Å². The third-order valence-electron chi connectivity index (χ3n) is 4.72. The molecular formula is C21H20ClN2S+. The molecule has 25 heavy (non-hydrogen) atoms. The van der Waals surface area contributed by atoms with Crippen LogP contribution in [0.5, 0.6) is 0 Å². The van der Waals surface area contributed by atoms with E-state index in [-0.39, 0.29) is 0 Å². The van der Waals surface area contributed by atoms with Crippen LogP contribution < -0.4 is 9.47 Å². The van der Waals surface area contributed by atoms with E-state index >= 15 is 0 Å². The van der Waals surface area contributed by atoms with Gasteiger partial charge in [0.15, 0.2) is 0 Å². The average Bonchev–Trinajstić information content (AvgIpc) is 2.94. The molecule has 0 bridgehead atoms. The number of para-hydroxylation sites is 1. The first kappa shape index (κ1) is 16.5. The van der Waals surface area contributed by atoms with Gasteiger partial charge in [0.05, 0.1) is 10.7 Å². The molecule has 0 N–H and O–H groups in total. The van der Waals surface area contributed by atoms with Crippen molar-refractivity contribution in [2.45, 2.75) is 18.7 Å². The van der Waals surface area contributed by atoms with Crippen LogP contribution in [-0.2, 0) is 7.05 Å². The van der Waals surface area contributed by atoms with Crippen molar-refractivity contribution in [2.75, 3.05) is 11.4 Å². The monoisotopic (exact) mass is 367 g/mol. The number of thioether (sulfide) groups is 1. The zero-order valence-corrected chi connectivity index (χ0v) is 16.2. The van der Waals surface area contributed by atoms with Crippen LogP contribution in [0.3, 0.4) is 0 Å². The number of pyridine rings is 1. The van der Waals surface area contributed by atoms with Gasteiger partial charge in [-0.15, -0.1) is 0 Å². The molecule has 4 heteroatoms. The smallest absolute Gasteiger partial charge is 0.212 e. The topological polar surface area (TPSA) is 7.12 Å². The number of anilines is 1. The molecule has 0 spiro atoms. The van der Waals surface area contributed by atoms with Crippen molar-refractivity contribution in [3.8, 4) is 0 Å². The predicted molar refractivity (Wildman–Crippen MR) is 108 cm³/mol. The Balaban J connectivity index is 1.81. The van der Waals surface area contributed by atoms with Crippen molar-refractivity contribution in [2.24, 2.45) is 7.05 Å². The van der Waals surface area contributed by atoms with E-state index in [1.54, 1.807) is 0 Å². The highest BCUT2D eigenvalue weighted by Crippen LogP contribution is 2.48. The number of aryl methyl sites for hydroxylation is 2. The van der Waals surface area contributed by atoms with Gasteiger partial charge in [-0.25, -0.2) is 0 Å². The van der Waals surface area contributed by atoms with Crippen LogP contribution in [0.1, 0.15) is 18.2 Å². The summed E-state index contributed by atoms with van der Waals surface area (Å²) in [5.41, 5.74) is 4.76. The second-order valence-corrected chi connectivity index (χ2v) is 7.74. The van der Waals surface area contributed by atoms with Gasteiger partial charge in [0.25, 0.3) is 0 Å². The van der Waals surface area contributed by atoms with E-state index in [4.69, 9.17) is 11.6 Å². The van der Waals surface area contributed by atoms with Crippen molar-refractivity contribution in [1.29, 1.82) is 0 Å². The van der Waals surface area contributed by atoms with Gasteiger partial charge in [-0.2, -0.15) is 4.57 Å². The lowest BCUT2D eigenvalue weighted by Gasteiger charge is -2.18. The minimum atomic E-state index is 0.829. The summed E-state index contributed by atoms with van der Waals surface area (Å²) >= 11 is 8.17. The maximum atomic E-state index is 6.35. The SMILES string of the molecule is CCN1/C(=C/c2ccc3ccccc3[n+]2C)Sc2cc(C)c(Cl)cc21. The second-order valence-electron chi connectivity index (χ2n) is 6.27. The van der Waals surface area contributed by atoms with Gasteiger partial charge >= 0.3 is 0 Å². The standard InChI is InChI=1S/C21H20ClN2S/c1-4-24-19-13-17(22)14(2)11-20(19)25-21(24)12-16-10-9-15-7-5-6-8-18(15)23(16)3/h5-13H,4H2,1-3H3/q+1.